The fourth-order valence-corrected chi connectivity index (χ4v) is 1.22. The summed E-state index contributed by atoms with van der Waals surface area (Å²) in [6.07, 6.45) is 0.758. The van der Waals surface area contributed by atoms with Gasteiger partial charge in [0.1, 0.15) is 0 Å². The van der Waals surface area contributed by atoms with Crippen LogP contribution in [0.2, 0.25) is 0 Å². The molecule has 0 spiro atoms. The minimum Gasteiger partial charge on any atom is -0.258 e. The quantitative estimate of drug-likeness (QED) is 0.332. The Morgan fingerprint density at radius 2 is 2.36 bits per heavy atom. The molecule has 0 atom stereocenters. The number of nitro groups is 1. The van der Waals surface area contributed by atoms with Gasteiger partial charge in [-0.1, -0.05) is 13.0 Å². The van der Waals surface area contributed by atoms with E-state index in [4.69, 9.17) is 0 Å². The van der Waals surface area contributed by atoms with E-state index in [-0.39, 0.29) is 5.69 Å². The highest BCUT2D eigenvalue weighted by Gasteiger charge is 2.08. The lowest BCUT2D eigenvalue weighted by Gasteiger charge is -2.00. The summed E-state index contributed by atoms with van der Waals surface area (Å²) < 4.78 is 0. The molecule has 0 radical (unpaired) electrons. The van der Waals surface area contributed by atoms with Crippen molar-refractivity contribution in [2.45, 2.75) is 13.3 Å². The van der Waals surface area contributed by atoms with Gasteiger partial charge >= 0.3 is 0 Å². The molecule has 5 heteroatoms. The number of aliphatic imine (C=N–C) groups is 1. The number of nitrogens with zero attached hydrogens (tertiary/aromatic N) is 2. The van der Waals surface area contributed by atoms with Crippen LogP contribution in [0.15, 0.2) is 23.2 Å². The molecule has 0 bridgehead atoms. The monoisotopic (exact) mass is 208 g/mol. The van der Waals surface area contributed by atoms with Crippen LogP contribution < -0.4 is 0 Å². The maximum absolute atomic E-state index is 10.5. The highest BCUT2D eigenvalue weighted by molar-refractivity contribution is 7.78. The summed E-state index contributed by atoms with van der Waals surface area (Å²) in [7, 11) is 0. The first kappa shape index (κ1) is 10.5. The van der Waals surface area contributed by atoms with Crippen LogP contribution in [0.4, 0.5) is 11.4 Å². The lowest BCUT2D eigenvalue weighted by molar-refractivity contribution is -0.384. The van der Waals surface area contributed by atoms with Crippen LogP contribution in [0.1, 0.15) is 12.5 Å². The third kappa shape index (κ3) is 2.22. The van der Waals surface area contributed by atoms with Crippen molar-refractivity contribution in [2.75, 3.05) is 0 Å². The Labute approximate surface area is 86.4 Å². The molecule has 0 aliphatic heterocycles. The molecular formula is C9H8N2O2S. The molecule has 0 unspecified atom stereocenters. The van der Waals surface area contributed by atoms with E-state index in [1.54, 1.807) is 6.07 Å². The molecule has 0 aliphatic rings. The fourth-order valence-electron chi connectivity index (χ4n) is 1.12. The van der Waals surface area contributed by atoms with Gasteiger partial charge in [-0.2, -0.15) is 4.99 Å². The summed E-state index contributed by atoms with van der Waals surface area (Å²) in [6.45, 7) is 1.95. The Morgan fingerprint density at radius 1 is 1.64 bits per heavy atom. The van der Waals surface area contributed by atoms with Crippen LogP contribution in [-0.2, 0) is 6.42 Å². The number of isothiocyanates is 1. The van der Waals surface area contributed by atoms with Gasteiger partial charge in [-0.15, -0.1) is 0 Å². The van der Waals surface area contributed by atoms with Crippen molar-refractivity contribution in [3.05, 3.63) is 33.9 Å². The maximum atomic E-state index is 10.5. The van der Waals surface area contributed by atoms with Crippen molar-refractivity contribution in [3.8, 4) is 0 Å². The predicted octanol–water partition coefficient (Wildman–Crippen LogP) is 2.89. The minimum absolute atomic E-state index is 0.0196. The van der Waals surface area contributed by atoms with E-state index in [1.807, 2.05) is 6.92 Å². The maximum Gasteiger partial charge on any atom is 0.271 e. The first-order valence-electron chi connectivity index (χ1n) is 4.04. The number of hydrogen-bond acceptors (Lipinski definition) is 4. The summed E-state index contributed by atoms with van der Waals surface area (Å²) >= 11 is 4.46. The standard InChI is InChI=1S/C9H8N2O2S/c1-2-7-3-4-8(11(12)13)5-9(7)10-6-14/h3-5H,2H2,1H3. The van der Waals surface area contributed by atoms with Gasteiger partial charge in [0.2, 0.25) is 0 Å². The Balaban J connectivity index is 3.27. The van der Waals surface area contributed by atoms with Crippen LogP contribution >= 0.6 is 12.2 Å². The second-order valence-electron chi connectivity index (χ2n) is 2.63. The molecule has 0 amide bonds. The lowest BCUT2D eigenvalue weighted by Crippen LogP contribution is -1.89. The van der Waals surface area contributed by atoms with Gasteiger partial charge < -0.3 is 0 Å². The van der Waals surface area contributed by atoms with Gasteiger partial charge in [-0.3, -0.25) is 10.1 Å². The summed E-state index contributed by atoms with van der Waals surface area (Å²) in [4.78, 5) is 13.8. The van der Waals surface area contributed by atoms with Gasteiger partial charge in [-0.05, 0) is 24.2 Å². The predicted molar refractivity (Wildman–Crippen MR) is 57.2 cm³/mol. The number of hydrogen-bond donors (Lipinski definition) is 0. The summed E-state index contributed by atoms with van der Waals surface area (Å²) in [6, 6.07) is 4.54. The lowest BCUT2D eigenvalue weighted by atomic mass is 10.1. The Kier molecular flexibility index (Phi) is 3.45. The number of nitro benzene ring substituents is 1. The van der Waals surface area contributed by atoms with Gasteiger partial charge in [-0.25, -0.2) is 0 Å². The Bertz CT molecular complexity index is 411. The molecule has 72 valence electrons. The van der Waals surface area contributed by atoms with E-state index >= 15 is 0 Å². The van der Waals surface area contributed by atoms with Crippen LogP contribution in [0.25, 0.3) is 0 Å². The third-order valence-corrected chi connectivity index (χ3v) is 1.92. The normalized spacial score (nSPS) is 9.21. The zero-order valence-electron chi connectivity index (χ0n) is 7.56. The first-order valence-corrected chi connectivity index (χ1v) is 4.45. The first-order chi connectivity index (χ1) is 6.69. The van der Waals surface area contributed by atoms with E-state index in [9.17, 15) is 10.1 Å². The fraction of sp³-hybridized carbons (Fsp3) is 0.222. The van der Waals surface area contributed by atoms with Gasteiger partial charge in [0.15, 0.2) is 0 Å². The molecule has 0 saturated carbocycles. The third-order valence-electron chi connectivity index (χ3n) is 1.83. The highest BCUT2D eigenvalue weighted by atomic mass is 32.1. The number of benzene rings is 1. The van der Waals surface area contributed by atoms with Gasteiger partial charge in [0, 0.05) is 12.1 Å². The van der Waals surface area contributed by atoms with Crippen molar-refractivity contribution in [3.63, 3.8) is 0 Å². The largest absolute Gasteiger partial charge is 0.271 e. The SMILES string of the molecule is CCc1ccc([N+](=O)[O-])cc1N=C=S. The average molecular weight is 208 g/mol. The van der Waals surface area contributed by atoms with Gasteiger partial charge in [0.05, 0.1) is 15.8 Å². The van der Waals surface area contributed by atoms with Crippen molar-refractivity contribution >= 4 is 28.8 Å². The van der Waals surface area contributed by atoms with E-state index in [1.165, 1.54) is 12.1 Å². The summed E-state index contributed by atoms with van der Waals surface area (Å²) in [5, 5.41) is 12.7. The smallest absolute Gasteiger partial charge is 0.258 e. The zero-order chi connectivity index (χ0) is 10.6. The van der Waals surface area contributed by atoms with E-state index in [0.717, 1.165) is 12.0 Å². The number of rotatable bonds is 3. The van der Waals surface area contributed by atoms with Crippen molar-refractivity contribution < 1.29 is 4.92 Å². The van der Waals surface area contributed by atoms with Crippen molar-refractivity contribution in [1.82, 2.24) is 0 Å². The van der Waals surface area contributed by atoms with Crippen LogP contribution in [0, 0.1) is 10.1 Å². The number of non-ortho nitro benzene ring substituents is 1. The zero-order valence-corrected chi connectivity index (χ0v) is 8.37. The number of aryl methyl sites for hydroxylation is 1. The molecule has 1 aromatic carbocycles. The molecule has 0 saturated heterocycles. The minimum atomic E-state index is -0.457. The topological polar surface area (TPSA) is 55.5 Å². The molecule has 0 heterocycles. The molecule has 1 rings (SSSR count). The van der Waals surface area contributed by atoms with Crippen LogP contribution in [0.5, 0.6) is 0 Å². The molecule has 0 aliphatic carbocycles. The summed E-state index contributed by atoms with van der Waals surface area (Å²) in [5.74, 6) is 0. The van der Waals surface area contributed by atoms with Crippen molar-refractivity contribution in [1.29, 1.82) is 0 Å². The molecule has 0 N–H and O–H groups in total. The van der Waals surface area contributed by atoms with Crippen molar-refractivity contribution in [2.24, 2.45) is 4.99 Å². The molecule has 0 aromatic heterocycles. The van der Waals surface area contributed by atoms with E-state index in [0.29, 0.717) is 5.69 Å². The second kappa shape index (κ2) is 4.60. The number of thiocarbonyl (C=S) groups is 1. The molecule has 14 heavy (non-hydrogen) atoms. The van der Waals surface area contributed by atoms with Gasteiger partial charge in [0.25, 0.3) is 5.69 Å². The van der Waals surface area contributed by atoms with E-state index < -0.39 is 4.92 Å². The second-order valence-corrected chi connectivity index (χ2v) is 2.81. The highest BCUT2D eigenvalue weighted by Crippen LogP contribution is 2.25. The molecule has 1 aromatic rings. The average Bonchev–Trinajstić information content (AvgIpc) is 2.18. The molecule has 4 nitrogen and oxygen atoms in total. The molecule has 0 fully saturated rings. The van der Waals surface area contributed by atoms with Crippen LogP contribution in [0.3, 0.4) is 0 Å². The van der Waals surface area contributed by atoms with Crippen LogP contribution in [-0.4, -0.2) is 10.1 Å². The summed E-state index contributed by atoms with van der Waals surface area (Å²) in [5.41, 5.74) is 1.47. The Hall–Kier alpha value is -1.58. The van der Waals surface area contributed by atoms with E-state index in [2.05, 4.69) is 22.4 Å². The molecular weight excluding hydrogens is 200 g/mol. The Morgan fingerprint density at radius 3 is 2.86 bits per heavy atom.